The van der Waals surface area contributed by atoms with Gasteiger partial charge in [0.05, 0.1) is 6.26 Å². The van der Waals surface area contributed by atoms with Crippen molar-refractivity contribution in [2.24, 2.45) is 5.92 Å². The van der Waals surface area contributed by atoms with E-state index >= 15 is 0 Å². The second-order valence-electron chi connectivity index (χ2n) is 7.43. The molecule has 0 saturated heterocycles. The number of nitrogens with zero attached hydrogens (tertiary/aromatic N) is 1. The van der Waals surface area contributed by atoms with E-state index in [2.05, 4.69) is 19.2 Å². The number of anilines is 1. The fourth-order valence-electron chi connectivity index (χ4n) is 2.73. The van der Waals surface area contributed by atoms with Crippen LogP contribution in [-0.2, 0) is 16.7 Å². The number of carbonyl (C=O) groups is 1. The molecule has 0 heterocycles. The highest BCUT2D eigenvalue weighted by Gasteiger charge is 2.16. The molecule has 0 aliphatic carbocycles. The highest BCUT2D eigenvalue weighted by Crippen LogP contribution is 2.18. The average molecular weight is 405 g/mol. The van der Waals surface area contributed by atoms with Crippen LogP contribution in [0.3, 0.4) is 0 Å². The fraction of sp³-hybridized carbons (Fsp3) is 0.381. The second kappa shape index (κ2) is 9.10. The quantitative estimate of drug-likeness (QED) is 0.697. The van der Waals surface area contributed by atoms with Crippen molar-refractivity contribution < 1.29 is 17.4 Å². The minimum Gasteiger partial charge on any atom is -0.383 e. The molecular formula is C21H28N2O4S. The van der Waals surface area contributed by atoms with Crippen molar-refractivity contribution in [1.82, 2.24) is 4.90 Å². The Kier molecular flexibility index (Phi) is 7.07. The molecule has 0 unspecified atom stereocenters. The van der Waals surface area contributed by atoms with Gasteiger partial charge in [0, 0.05) is 18.8 Å². The summed E-state index contributed by atoms with van der Waals surface area (Å²) in [5.41, 5.74) is 3.94. The molecule has 1 N–H and O–H groups in total. The van der Waals surface area contributed by atoms with Crippen molar-refractivity contribution in [2.45, 2.75) is 34.2 Å². The first-order valence-electron chi connectivity index (χ1n) is 9.15. The molecule has 28 heavy (non-hydrogen) atoms. The highest BCUT2D eigenvalue weighted by molar-refractivity contribution is 7.86. The van der Waals surface area contributed by atoms with Crippen LogP contribution < -0.4 is 9.50 Å². The first-order valence-corrected chi connectivity index (χ1v) is 11.0. The number of nitrogens with one attached hydrogen (secondary N) is 1. The van der Waals surface area contributed by atoms with E-state index in [1.165, 1.54) is 5.56 Å². The van der Waals surface area contributed by atoms with E-state index in [0.717, 1.165) is 23.1 Å². The Bertz CT molecular complexity index is 922. The molecule has 0 bridgehead atoms. The van der Waals surface area contributed by atoms with Crippen molar-refractivity contribution in [3.63, 3.8) is 0 Å². The number of benzene rings is 2. The van der Waals surface area contributed by atoms with E-state index in [-0.39, 0.29) is 11.8 Å². The zero-order valence-corrected chi connectivity index (χ0v) is 17.8. The van der Waals surface area contributed by atoms with Crippen LogP contribution in [0.2, 0.25) is 0 Å². The van der Waals surface area contributed by atoms with Gasteiger partial charge in [0.15, 0.2) is 0 Å². The van der Waals surface area contributed by atoms with Gasteiger partial charge in [-0.2, -0.15) is 8.42 Å². The molecule has 6 nitrogen and oxygen atoms in total. The standard InChI is InChI=1S/C21H28N2O4S/c1-15(2)13-23(21(24)22-19-9-6-16(3)17(4)12-19)14-18-7-10-20(11-8-18)27-28(5,25)26/h6-12,15H,13-14H2,1-5H3,(H,22,24). The SMILES string of the molecule is Cc1ccc(NC(=O)N(Cc2ccc(OS(C)(=O)=O)cc2)CC(C)C)cc1C. The van der Waals surface area contributed by atoms with Crippen molar-refractivity contribution in [2.75, 3.05) is 18.1 Å². The molecule has 0 spiro atoms. The van der Waals surface area contributed by atoms with Crippen LogP contribution in [0.4, 0.5) is 10.5 Å². The number of carbonyl (C=O) groups excluding carboxylic acids is 1. The first kappa shape index (κ1) is 21.8. The summed E-state index contributed by atoms with van der Waals surface area (Å²) < 4.78 is 27.3. The molecule has 152 valence electrons. The van der Waals surface area contributed by atoms with Gasteiger partial charge in [0.25, 0.3) is 0 Å². The maximum Gasteiger partial charge on any atom is 0.322 e. The Morgan fingerprint density at radius 1 is 1.07 bits per heavy atom. The van der Waals surface area contributed by atoms with Crippen LogP contribution in [0.25, 0.3) is 0 Å². The maximum absolute atomic E-state index is 12.8. The van der Waals surface area contributed by atoms with Gasteiger partial charge in [0.2, 0.25) is 0 Å². The van der Waals surface area contributed by atoms with Crippen molar-refractivity contribution in [1.29, 1.82) is 0 Å². The van der Waals surface area contributed by atoms with Crippen LogP contribution in [-0.4, -0.2) is 32.1 Å². The molecule has 2 rings (SSSR count). The van der Waals surface area contributed by atoms with Gasteiger partial charge in [-0.1, -0.05) is 32.0 Å². The van der Waals surface area contributed by atoms with E-state index in [9.17, 15) is 13.2 Å². The Labute approximate surface area is 167 Å². The molecule has 2 amide bonds. The summed E-state index contributed by atoms with van der Waals surface area (Å²) in [6, 6.07) is 12.4. The second-order valence-corrected chi connectivity index (χ2v) is 9.01. The van der Waals surface area contributed by atoms with Crippen LogP contribution in [0.1, 0.15) is 30.5 Å². The topological polar surface area (TPSA) is 75.7 Å². The lowest BCUT2D eigenvalue weighted by Crippen LogP contribution is -2.37. The first-order chi connectivity index (χ1) is 13.0. The molecule has 0 aliphatic rings. The van der Waals surface area contributed by atoms with E-state index < -0.39 is 10.1 Å². The largest absolute Gasteiger partial charge is 0.383 e. The summed E-state index contributed by atoms with van der Waals surface area (Å²) in [4.78, 5) is 14.6. The van der Waals surface area contributed by atoms with E-state index in [1.807, 2.05) is 32.0 Å². The Morgan fingerprint density at radius 2 is 1.71 bits per heavy atom. The molecule has 0 aliphatic heterocycles. The van der Waals surface area contributed by atoms with Gasteiger partial charge >= 0.3 is 16.1 Å². The number of hydrogen-bond donors (Lipinski definition) is 1. The van der Waals surface area contributed by atoms with E-state index in [0.29, 0.717) is 19.0 Å². The van der Waals surface area contributed by atoms with Crippen LogP contribution in [0.15, 0.2) is 42.5 Å². The van der Waals surface area contributed by atoms with Crippen molar-refractivity contribution >= 4 is 21.8 Å². The third-order valence-electron chi connectivity index (χ3n) is 4.18. The predicted octanol–water partition coefficient (Wildman–Crippen LogP) is 4.33. The van der Waals surface area contributed by atoms with Gasteiger partial charge in [0.1, 0.15) is 5.75 Å². The molecule has 0 fully saturated rings. The molecule has 0 saturated carbocycles. The average Bonchev–Trinajstić information content (AvgIpc) is 2.57. The van der Waals surface area contributed by atoms with Gasteiger partial charge in [-0.15, -0.1) is 0 Å². The fourth-order valence-corrected chi connectivity index (χ4v) is 3.19. The van der Waals surface area contributed by atoms with Gasteiger partial charge < -0.3 is 14.4 Å². The lowest BCUT2D eigenvalue weighted by atomic mass is 10.1. The zero-order chi connectivity index (χ0) is 20.9. The Hall–Kier alpha value is -2.54. The van der Waals surface area contributed by atoms with Crippen LogP contribution >= 0.6 is 0 Å². The maximum atomic E-state index is 12.8. The summed E-state index contributed by atoms with van der Waals surface area (Å²) in [5, 5.41) is 2.96. The van der Waals surface area contributed by atoms with Crippen molar-refractivity contribution in [3.8, 4) is 5.75 Å². The third-order valence-corrected chi connectivity index (χ3v) is 4.67. The predicted molar refractivity (Wildman–Crippen MR) is 112 cm³/mol. The smallest absolute Gasteiger partial charge is 0.322 e. The van der Waals surface area contributed by atoms with E-state index in [4.69, 9.17) is 4.18 Å². The normalized spacial score (nSPS) is 11.4. The van der Waals surface area contributed by atoms with Gasteiger partial charge in [-0.3, -0.25) is 0 Å². The molecule has 2 aromatic carbocycles. The Morgan fingerprint density at radius 3 is 2.25 bits per heavy atom. The van der Waals surface area contributed by atoms with Crippen molar-refractivity contribution in [3.05, 3.63) is 59.2 Å². The molecule has 0 atom stereocenters. The van der Waals surface area contributed by atoms with Gasteiger partial charge in [-0.05, 0) is 60.7 Å². The summed E-state index contributed by atoms with van der Waals surface area (Å²) in [5.74, 6) is 0.555. The monoisotopic (exact) mass is 404 g/mol. The highest BCUT2D eigenvalue weighted by atomic mass is 32.2. The number of hydrogen-bond acceptors (Lipinski definition) is 4. The number of urea groups is 1. The molecule has 2 aromatic rings. The lowest BCUT2D eigenvalue weighted by molar-refractivity contribution is 0.201. The molecule has 0 aromatic heterocycles. The molecule has 0 radical (unpaired) electrons. The minimum atomic E-state index is -3.56. The lowest BCUT2D eigenvalue weighted by Gasteiger charge is -2.25. The van der Waals surface area contributed by atoms with Crippen LogP contribution in [0.5, 0.6) is 5.75 Å². The van der Waals surface area contributed by atoms with Gasteiger partial charge in [-0.25, -0.2) is 4.79 Å². The van der Waals surface area contributed by atoms with Crippen LogP contribution in [0, 0.1) is 19.8 Å². The minimum absolute atomic E-state index is 0.173. The number of aryl methyl sites for hydroxylation is 2. The molecular weight excluding hydrogens is 376 g/mol. The van der Waals surface area contributed by atoms with E-state index in [1.54, 1.807) is 29.2 Å². The summed E-state index contributed by atoms with van der Waals surface area (Å²) in [7, 11) is -3.56. The summed E-state index contributed by atoms with van der Waals surface area (Å²) >= 11 is 0. The summed E-state index contributed by atoms with van der Waals surface area (Å²) in [6.07, 6.45) is 1.00. The Balaban J connectivity index is 2.11. The zero-order valence-electron chi connectivity index (χ0n) is 17.0. The number of rotatable bonds is 7. The summed E-state index contributed by atoms with van der Waals surface area (Å²) in [6.45, 7) is 9.16. The third kappa shape index (κ3) is 6.88. The molecule has 7 heteroatoms. The number of amides is 2.